The lowest BCUT2D eigenvalue weighted by molar-refractivity contribution is -0.147. The maximum absolute atomic E-state index is 12.7. The second-order valence-electron chi connectivity index (χ2n) is 8.09. The quantitative estimate of drug-likeness (QED) is 0.591. The van der Waals surface area contributed by atoms with Crippen LogP contribution in [0.25, 0.3) is 0 Å². The molecule has 0 spiro atoms. The van der Waals surface area contributed by atoms with Crippen molar-refractivity contribution in [1.82, 2.24) is 5.32 Å². The highest BCUT2D eigenvalue weighted by molar-refractivity contribution is 7.98. The number of esters is 1. The first-order valence-corrected chi connectivity index (χ1v) is 11.3. The molecule has 162 valence electrons. The fourth-order valence-corrected chi connectivity index (χ4v) is 3.34. The van der Waals surface area contributed by atoms with Gasteiger partial charge in [-0.05, 0) is 59.2 Å². The summed E-state index contributed by atoms with van der Waals surface area (Å²) in [5.74, 6) is 0.725. The van der Waals surface area contributed by atoms with Gasteiger partial charge < -0.3 is 14.8 Å². The average molecular weight is 430 g/mol. The molecule has 0 fully saturated rings. The van der Waals surface area contributed by atoms with Crippen LogP contribution in [0.1, 0.15) is 48.7 Å². The summed E-state index contributed by atoms with van der Waals surface area (Å²) in [6, 6.07) is 14.2. The van der Waals surface area contributed by atoms with E-state index in [-0.39, 0.29) is 17.9 Å². The van der Waals surface area contributed by atoms with E-state index in [9.17, 15) is 9.59 Å². The standard InChI is InChI=1S/C24H31NO4S/c1-24(2,3)19-11-9-18(10-12-19)22(26)25-21(13-14-30-5)23(27)29-16-17-7-6-8-20(15-17)28-4/h6-12,15,21H,13-14,16H2,1-5H3,(H,25,26). The molecule has 0 aliphatic heterocycles. The molecule has 1 unspecified atom stereocenters. The second-order valence-corrected chi connectivity index (χ2v) is 9.08. The third kappa shape index (κ3) is 7.10. The maximum atomic E-state index is 12.7. The van der Waals surface area contributed by atoms with Crippen LogP contribution in [0.3, 0.4) is 0 Å². The molecule has 30 heavy (non-hydrogen) atoms. The zero-order valence-corrected chi connectivity index (χ0v) is 19.2. The lowest BCUT2D eigenvalue weighted by Gasteiger charge is -2.20. The lowest BCUT2D eigenvalue weighted by Crippen LogP contribution is -2.42. The van der Waals surface area contributed by atoms with Crippen LogP contribution >= 0.6 is 11.8 Å². The van der Waals surface area contributed by atoms with E-state index >= 15 is 0 Å². The van der Waals surface area contributed by atoms with Crippen LogP contribution in [0.4, 0.5) is 0 Å². The summed E-state index contributed by atoms with van der Waals surface area (Å²) in [5, 5.41) is 2.83. The Morgan fingerprint density at radius 2 is 1.80 bits per heavy atom. The SMILES string of the molecule is COc1cccc(COC(=O)C(CCSC)NC(=O)c2ccc(C(C)(C)C)cc2)c1. The normalized spacial score (nSPS) is 12.2. The number of rotatable bonds is 9. The fourth-order valence-electron chi connectivity index (χ4n) is 2.87. The summed E-state index contributed by atoms with van der Waals surface area (Å²) in [5.41, 5.74) is 2.52. The summed E-state index contributed by atoms with van der Waals surface area (Å²) in [4.78, 5) is 25.4. The van der Waals surface area contributed by atoms with E-state index in [0.717, 1.165) is 16.9 Å². The molecule has 0 aliphatic carbocycles. The molecule has 1 amide bonds. The highest BCUT2D eigenvalue weighted by atomic mass is 32.2. The number of methoxy groups -OCH3 is 1. The van der Waals surface area contributed by atoms with Gasteiger partial charge in [0.25, 0.3) is 5.91 Å². The van der Waals surface area contributed by atoms with Crippen LogP contribution in [0.15, 0.2) is 48.5 Å². The number of ether oxygens (including phenoxy) is 2. The van der Waals surface area contributed by atoms with Gasteiger partial charge in [-0.3, -0.25) is 4.79 Å². The number of thioether (sulfide) groups is 1. The highest BCUT2D eigenvalue weighted by Gasteiger charge is 2.23. The molecule has 1 N–H and O–H groups in total. The van der Waals surface area contributed by atoms with Crippen molar-refractivity contribution in [2.24, 2.45) is 0 Å². The number of carbonyl (C=O) groups is 2. The van der Waals surface area contributed by atoms with Crippen molar-refractivity contribution < 1.29 is 19.1 Å². The molecule has 5 nitrogen and oxygen atoms in total. The van der Waals surface area contributed by atoms with Crippen LogP contribution in [-0.4, -0.2) is 37.0 Å². The van der Waals surface area contributed by atoms with E-state index in [0.29, 0.717) is 17.7 Å². The molecular formula is C24H31NO4S. The molecule has 2 rings (SSSR count). The van der Waals surface area contributed by atoms with Gasteiger partial charge in [-0.25, -0.2) is 4.79 Å². The average Bonchev–Trinajstić information content (AvgIpc) is 2.74. The third-order valence-electron chi connectivity index (χ3n) is 4.73. The summed E-state index contributed by atoms with van der Waals surface area (Å²) < 4.78 is 10.7. The van der Waals surface area contributed by atoms with Crippen LogP contribution in [0, 0.1) is 0 Å². The lowest BCUT2D eigenvalue weighted by atomic mass is 9.86. The van der Waals surface area contributed by atoms with E-state index in [1.807, 2.05) is 42.7 Å². The van der Waals surface area contributed by atoms with Gasteiger partial charge in [0, 0.05) is 5.56 Å². The van der Waals surface area contributed by atoms with Crippen LogP contribution in [0.5, 0.6) is 5.75 Å². The Hall–Kier alpha value is -2.47. The van der Waals surface area contributed by atoms with Crippen LogP contribution < -0.4 is 10.1 Å². The predicted molar refractivity (Wildman–Crippen MR) is 122 cm³/mol. The molecule has 0 saturated heterocycles. The minimum atomic E-state index is -0.696. The van der Waals surface area contributed by atoms with E-state index in [4.69, 9.17) is 9.47 Å². The van der Waals surface area contributed by atoms with Crippen molar-refractivity contribution in [3.05, 3.63) is 65.2 Å². The summed E-state index contributed by atoms with van der Waals surface area (Å²) in [7, 11) is 1.59. The van der Waals surface area contributed by atoms with Gasteiger partial charge in [-0.15, -0.1) is 0 Å². The Bertz CT molecular complexity index is 843. The minimum absolute atomic E-state index is 0.0137. The Morgan fingerprint density at radius 3 is 2.40 bits per heavy atom. The Labute approximate surface area is 183 Å². The molecule has 0 aliphatic rings. The van der Waals surface area contributed by atoms with Crippen LogP contribution in [-0.2, 0) is 21.6 Å². The number of hydrogen-bond acceptors (Lipinski definition) is 5. The van der Waals surface area contributed by atoms with Gasteiger partial charge in [0.2, 0.25) is 0 Å². The molecular weight excluding hydrogens is 398 g/mol. The first-order chi connectivity index (χ1) is 14.2. The summed E-state index contributed by atoms with van der Waals surface area (Å²) in [6.07, 6.45) is 2.47. The molecule has 2 aromatic carbocycles. The molecule has 1 atom stereocenters. The van der Waals surface area contributed by atoms with Crippen molar-refractivity contribution in [2.75, 3.05) is 19.1 Å². The third-order valence-corrected chi connectivity index (χ3v) is 5.37. The first-order valence-electron chi connectivity index (χ1n) is 9.94. The molecule has 0 saturated carbocycles. The van der Waals surface area contributed by atoms with Gasteiger partial charge in [0.05, 0.1) is 7.11 Å². The van der Waals surface area contributed by atoms with Gasteiger partial charge in [-0.1, -0.05) is 45.0 Å². The topological polar surface area (TPSA) is 64.6 Å². The van der Waals surface area contributed by atoms with Crippen LogP contribution in [0.2, 0.25) is 0 Å². The van der Waals surface area contributed by atoms with Crippen molar-refractivity contribution in [3.63, 3.8) is 0 Å². The van der Waals surface area contributed by atoms with Crippen molar-refractivity contribution in [1.29, 1.82) is 0 Å². The number of amides is 1. The number of carbonyl (C=O) groups excluding carboxylic acids is 2. The number of benzene rings is 2. The Kier molecular flexibility index (Phi) is 8.78. The van der Waals surface area contributed by atoms with E-state index < -0.39 is 12.0 Å². The van der Waals surface area contributed by atoms with Gasteiger partial charge in [0.15, 0.2) is 0 Å². The molecule has 0 heterocycles. The Balaban J connectivity index is 2.02. The fraction of sp³-hybridized carbons (Fsp3) is 0.417. The summed E-state index contributed by atoms with van der Waals surface area (Å²) >= 11 is 1.62. The monoisotopic (exact) mass is 429 g/mol. The minimum Gasteiger partial charge on any atom is -0.497 e. The van der Waals surface area contributed by atoms with E-state index in [1.165, 1.54) is 0 Å². The number of hydrogen-bond donors (Lipinski definition) is 1. The Morgan fingerprint density at radius 1 is 1.10 bits per heavy atom. The molecule has 0 bridgehead atoms. The zero-order valence-electron chi connectivity index (χ0n) is 18.4. The molecule has 6 heteroatoms. The van der Waals surface area contributed by atoms with Gasteiger partial charge in [-0.2, -0.15) is 11.8 Å². The molecule has 0 radical (unpaired) electrons. The number of nitrogens with one attached hydrogen (secondary N) is 1. The largest absolute Gasteiger partial charge is 0.497 e. The second kappa shape index (κ2) is 11.1. The smallest absolute Gasteiger partial charge is 0.329 e. The predicted octanol–water partition coefficient (Wildman–Crippen LogP) is 4.59. The van der Waals surface area contributed by atoms with Gasteiger partial charge in [0.1, 0.15) is 18.4 Å². The molecule has 2 aromatic rings. The molecule has 0 aromatic heterocycles. The maximum Gasteiger partial charge on any atom is 0.329 e. The first kappa shape index (κ1) is 23.8. The van der Waals surface area contributed by atoms with E-state index in [2.05, 4.69) is 26.1 Å². The highest BCUT2D eigenvalue weighted by Crippen LogP contribution is 2.22. The van der Waals surface area contributed by atoms with E-state index in [1.54, 1.807) is 31.0 Å². The van der Waals surface area contributed by atoms with Crippen molar-refractivity contribution in [2.45, 2.75) is 45.3 Å². The van der Waals surface area contributed by atoms with Crippen molar-refractivity contribution in [3.8, 4) is 5.75 Å². The van der Waals surface area contributed by atoms with Crippen molar-refractivity contribution >= 4 is 23.6 Å². The summed E-state index contributed by atoms with van der Waals surface area (Å²) in [6.45, 7) is 6.50. The zero-order chi connectivity index (χ0) is 22.1. The van der Waals surface area contributed by atoms with Gasteiger partial charge >= 0.3 is 5.97 Å².